The summed E-state index contributed by atoms with van der Waals surface area (Å²) < 4.78 is 5.00. The summed E-state index contributed by atoms with van der Waals surface area (Å²) in [6.45, 7) is 7.51. The van der Waals surface area contributed by atoms with Crippen LogP contribution in [-0.4, -0.2) is 30.1 Å². The van der Waals surface area contributed by atoms with Crippen molar-refractivity contribution in [3.05, 3.63) is 29.8 Å². The molecule has 1 unspecified atom stereocenters. The molecule has 0 radical (unpaired) electrons. The first kappa shape index (κ1) is 21.3. The number of esters is 1. The summed E-state index contributed by atoms with van der Waals surface area (Å²) in [5.74, 6) is -1.28. The fourth-order valence-electron chi connectivity index (χ4n) is 2.31. The van der Waals surface area contributed by atoms with Gasteiger partial charge >= 0.3 is 5.97 Å². The van der Waals surface area contributed by atoms with Crippen LogP contribution in [-0.2, 0) is 14.3 Å². The average Bonchev–Trinajstić information content (AvgIpc) is 2.61. The largest absolute Gasteiger partial charge is 0.465 e. The van der Waals surface area contributed by atoms with E-state index in [0.717, 1.165) is 6.42 Å². The molecule has 1 aromatic carbocycles. The third-order valence-corrected chi connectivity index (χ3v) is 3.73. The van der Waals surface area contributed by atoms with Gasteiger partial charge in [0, 0.05) is 23.4 Å². The molecule has 2 N–H and O–H groups in total. The summed E-state index contributed by atoms with van der Waals surface area (Å²) in [5.41, 5.74) is 3.97. The van der Waals surface area contributed by atoms with Gasteiger partial charge in [-0.05, 0) is 51.0 Å². The van der Waals surface area contributed by atoms with Crippen molar-refractivity contribution in [1.29, 1.82) is 0 Å². The topological polar surface area (TPSA) is 96.9 Å². The van der Waals surface area contributed by atoms with Gasteiger partial charge in [-0.3, -0.25) is 14.4 Å². The van der Waals surface area contributed by atoms with E-state index >= 15 is 0 Å². The van der Waals surface area contributed by atoms with Crippen LogP contribution in [0.15, 0.2) is 29.4 Å². The Kier molecular flexibility index (Phi) is 9.05. The second-order valence-electron chi connectivity index (χ2n) is 5.78. The van der Waals surface area contributed by atoms with Crippen molar-refractivity contribution in [3.63, 3.8) is 0 Å². The standard InChI is InChI=1S/C19H27N3O4/c1-5-8-17(23)20-15-11-9-14(10-12-15)18(24)22-21-13(4)16(6-2)19(25)26-7-3/h9-12,16H,5-8H2,1-4H3,(H,20,23)(H,22,24)/b21-13+. The monoisotopic (exact) mass is 361 g/mol. The highest BCUT2D eigenvalue weighted by molar-refractivity contribution is 6.02. The highest BCUT2D eigenvalue weighted by atomic mass is 16.5. The minimum Gasteiger partial charge on any atom is -0.465 e. The van der Waals surface area contributed by atoms with Crippen LogP contribution in [0.4, 0.5) is 5.69 Å². The van der Waals surface area contributed by atoms with E-state index in [9.17, 15) is 14.4 Å². The molecule has 0 aliphatic heterocycles. The predicted molar refractivity (Wildman–Crippen MR) is 101 cm³/mol. The number of carbonyl (C=O) groups excluding carboxylic acids is 3. The Morgan fingerprint density at radius 2 is 1.77 bits per heavy atom. The quantitative estimate of drug-likeness (QED) is 0.401. The molecule has 0 bridgehead atoms. The van der Waals surface area contributed by atoms with E-state index in [0.29, 0.717) is 36.4 Å². The molecule has 0 saturated heterocycles. The lowest BCUT2D eigenvalue weighted by Crippen LogP contribution is -2.27. The molecule has 0 saturated carbocycles. The molecular weight excluding hydrogens is 334 g/mol. The molecule has 7 heteroatoms. The third kappa shape index (κ3) is 6.66. The maximum atomic E-state index is 12.2. The predicted octanol–water partition coefficient (Wildman–Crippen LogP) is 3.12. The highest BCUT2D eigenvalue weighted by Crippen LogP contribution is 2.11. The number of rotatable bonds is 9. The molecule has 7 nitrogen and oxygen atoms in total. The second kappa shape index (κ2) is 11.0. The molecule has 142 valence electrons. The van der Waals surface area contributed by atoms with Crippen LogP contribution in [0, 0.1) is 5.92 Å². The molecule has 0 aromatic heterocycles. The van der Waals surface area contributed by atoms with Crippen LogP contribution < -0.4 is 10.7 Å². The van der Waals surface area contributed by atoms with Crippen LogP contribution in [0.1, 0.15) is 57.3 Å². The number of hydrogen-bond donors (Lipinski definition) is 2. The van der Waals surface area contributed by atoms with Crippen molar-refractivity contribution in [2.75, 3.05) is 11.9 Å². The lowest BCUT2D eigenvalue weighted by molar-refractivity contribution is -0.145. The summed E-state index contributed by atoms with van der Waals surface area (Å²) in [4.78, 5) is 35.6. The number of benzene rings is 1. The van der Waals surface area contributed by atoms with Crippen molar-refractivity contribution in [1.82, 2.24) is 5.43 Å². The first-order valence-electron chi connectivity index (χ1n) is 8.83. The van der Waals surface area contributed by atoms with Crippen LogP contribution in [0.25, 0.3) is 0 Å². The first-order chi connectivity index (χ1) is 12.4. The minimum absolute atomic E-state index is 0.0606. The Balaban J connectivity index is 2.69. The average molecular weight is 361 g/mol. The molecule has 1 atom stereocenters. The van der Waals surface area contributed by atoms with E-state index in [2.05, 4.69) is 15.8 Å². The van der Waals surface area contributed by atoms with Crippen LogP contribution >= 0.6 is 0 Å². The summed E-state index contributed by atoms with van der Waals surface area (Å²) in [5, 5.41) is 6.77. The van der Waals surface area contributed by atoms with E-state index in [4.69, 9.17) is 4.74 Å². The number of ether oxygens (including phenoxy) is 1. The Hall–Kier alpha value is -2.70. The van der Waals surface area contributed by atoms with Gasteiger partial charge in [-0.25, -0.2) is 5.43 Å². The van der Waals surface area contributed by atoms with Crippen molar-refractivity contribution < 1.29 is 19.1 Å². The second-order valence-corrected chi connectivity index (χ2v) is 5.78. The first-order valence-corrected chi connectivity index (χ1v) is 8.83. The van der Waals surface area contributed by atoms with Crippen LogP contribution in [0.2, 0.25) is 0 Å². The lowest BCUT2D eigenvalue weighted by atomic mass is 10.0. The van der Waals surface area contributed by atoms with Crippen LogP contribution in [0.5, 0.6) is 0 Å². The zero-order chi connectivity index (χ0) is 19.5. The minimum atomic E-state index is -0.480. The Labute approximate surface area is 154 Å². The van der Waals surface area contributed by atoms with Crippen molar-refractivity contribution in [3.8, 4) is 0 Å². The fraction of sp³-hybridized carbons (Fsp3) is 0.474. The molecule has 1 rings (SSSR count). The molecule has 0 spiro atoms. The highest BCUT2D eigenvalue weighted by Gasteiger charge is 2.21. The molecule has 0 heterocycles. The maximum Gasteiger partial charge on any atom is 0.314 e. The van der Waals surface area contributed by atoms with Gasteiger partial charge in [0.1, 0.15) is 0 Å². The number of hydrazone groups is 1. The zero-order valence-electron chi connectivity index (χ0n) is 15.8. The smallest absolute Gasteiger partial charge is 0.314 e. The van der Waals surface area contributed by atoms with Crippen LogP contribution in [0.3, 0.4) is 0 Å². The summed E-state index contributed by atoms with van der Waals surface area (Å²) >= 11 is 0. The Bertz CT molecular complexity index is 653. The van der Waals surface area contributed by atoms with Gasteiger partial charge in [0.2, 0.25) is 5.91 Å². The van der Waals surface area contributed by atoms with Crippen molar-refractivity contribution in [2.24, 2.45) is 11.0 Å². The van der Waals surface area contributed by atoms with E-state index in [1.54, 1.807) is 38.1 Å². The molecule has 0 fully saturated rings. The molecule has 0 aliphatic carbocycles. The summed E-state index contributed by atoms with van der Waals surface area (Å²) in [7, 11) is 0. The molecule has 26 heavy (non-hydrogen) atoms. The number of nitrogens with one attached hydrogen (secondary N) is 2. The van der Waals surface area contributed by atoms with Crippen molar-refractivity contribution in [2.45, 2.75) is 47.0 Å². The normalized spacial score (nSPS) is 12.2. The van der Waals surface area contributed by atoms with E-state index in [1.807, 2.05) is 13.8 Å². The summed E-state index contributed by atoms with van der Waals surface area (Å²) in [6.07, 6.45) is 1.76. The van der Waals surface area contributed by atoms with E-state index in [1.165, 1.54) is 0 Å². The number of hydrogen-bond acceptors (Lipinski definition) is 5. The number of amides is 2. The fourth-order valence-corrected chi connectivity index (χ4v) is 2.31. The SMILES string of the molecule is CCCC(=O)Nc1ccc(C(=O)N/N=C(\C)C(CC)C(=O)OCC)cc1. The van der Waals surface area contributed by atoms with E-state index in [-0.39, 0.29) is 11.9 Å². The Morgan fingerprint density at radius 3 is 2.31 bits per heavy atom. The third-order valence-electron chi connectivity index (χ3n) is 3.73. The maximum absolute atomic E-state index is 12.2. The number of nitrogens with zero attached hydrogens (tertiary/aromatic N) is 1. The number of anilines is 1. The van der Waals surface area contributed by atoms with Gasteiger partial charge in [0.05, 0.1) is 12.5 Å². The molecule has 0 aliphatic rings. The van der Waals surface area contributed by atoms with Gasteiger partial charge in [-0.2, -0.15) is 5.10 Å². The Morgan fingerprint density at radius 1 is 1.12 bits per heavy atom. The van der Waals surface area contributed by atoms with Crippen molar-refractivity contribution >= 4 is 29.2 Å². The molecule has 2 amide bonds. The lowest BCUT2D eigenvalue weighted by Gasteiger charge is -2.13. The van der Waals surface area contributed by atoms with Gasteiger partial charge in [0.25, 0.3) is 5.91 Å². The van der Waals surface area contributed by atoms with Gasteiger partial charge in [-0.1, -0.05) is 13.8 Å². The van der Waals surface area contributed by atoms with Gasteiger partial charge in [-0.15, -0.1) is 0 Å². The van der Waals surface area contributed by atoms with Gasteiger partial charge < -0.3 is 10.1 Å². The summed E-state index contributed by atoms with van der Waals surface area (Å²) in [6, 6.07) is 6.52. The zero-order valence-corrected chi connectivity index (χ0v) is 15.8. The molecule has 1 aromatic rings. The van der Waals surface area contributed by atoms with E-state index < -0.39 is 11.8 Å². The number of carbonyl (C=O) groups is 3. The molecular formula is C19H27N3O4. The van der Waals surface area contributed by atoms with Gasteiger partial charge in [0.15, 0.2) is 0 Å².